The summed E-state index contributed by atoms with van der Waals surface area (Å²) >= 11 is 0. The Morgan fingerprint density at radius 1 is 1.35 bits per heavy atom. The lowest BCUT2D eigenvalue weighted by molar-refractivity contribution is 0.440. The van der Waals surface area contributed by atoms with E-state index in [9.17, 15) is 4.79 Å². The largest absolute Gasteiger partial charge is 0.308 e. The summed E-state index contributed by atoms with van der Waals surface area (Å²) in [6, 6.07) is 7.64. The fraction of sp³-hybridized carbons (Fsp3) is 0.375. The van der Waals surface area contributed by atoms with E-state index in [1.807, 2.05) is 24.3 Å². The highest BCUT2D eigenvalue weighted by Gasteiger charge is 2.10. The van der Waals surface area contributed by atoms with Crippen LogP contribution in [0.1, 0.15) is 20.8 Å². The lowest BCUT2D eigenvalue weighted by atomic mass is 10.1. The summed E-state index contributed by atoms with van der Waals surface area (Å²) in [7, 11) is 0. The van der Waals surface area contributed by atoms with Gasteiger partial charge in [-0.15, -0.1) is 0 Å². The van der Waals surface area contributed by atoms with E-state index in [1.165, 1.54) is 6.20 Å². The lowest BCUT2D eigenvalue weighted by Gasteiger charge is -2.21. The Morgan fingerprint density at radius 3 is 2.75 bits per heavy atom. The monoisotopic (exact) mass is 271 g/mol. The van der Waals surface area contributed by atoms with Crippen molar-refractivity contribution in [3.8, 4) is 0 Å². The number of nitrogens with zero attached hydrogens (tertiary/aromatic N) is 2. The first-order valence-corrected chi connectivity index (χ1v) is 6.73. The highest BCUT2D eigenvalue weighted by molar-refractivity contribution is 5.74. The van der Waals surface area contributed by atoms with Crippen LogP contribution in [0.2, 0.25) is 0 Å². The Balaban J connectivity index is 2.23. The molecule has 0 aliphatic carbocycles. The summed E-state index contributed by atoms with van der Waals surface area (Å²) in [6.07, 6.45) is 1.37. The van der Waals surface area contributed by atoms with Crippen LogP contribution in [0.5, 0.6) is 0 Å². The van der Waals surface area contributed by atoms with Gasteiger partial charge in [-0.25, -0.2) is 4.98 Å². The molecule has 0 atom stereocenters. The number of fused-ring (bicyclic) bond motifs is 1. The third-order valence-corrected chi connectivity index (χ3v) is 3.00. The van der Waals surface area contributed by atoms with Gasteiger partial charge in [0.1, 0.15) is 0 Å². The van der Waals surface area contributed by atoms with E-state index in [0.29, 0.717) is 13.1 Å². The van der Waals surface area contributed by atoms with Gasteiger partial charge in [-0.3, -0.25) is 4.79 Å². The van der Waals surface area contributed by atoms with E-state index < -0.39 is 0 Å². The topological polar surface area (TPSA) is 46.9 Å². The van der Waals surface area contributed by atoms with Gasteiger partial charge in [0.05, 0.1) is 17.2 Å². The SMILES string of the molecule is C=C(CNC(C)(C)C)Cn1c(=O)cnc2ccccc21. The first-order chi connectivity index (χ1) is 9.37. The first kappa shape index (κ1) is 14.5. The fourth-order valence-electron chi connectivity index (χ4n) is 1.95. The molecule has 4 nitrogen and oxygen atoms in total. The predicted octanol–water partition coefficient (Wildman–Crippen LogP) is 2.34. The second-order valence-electron chi connectivity index (χ2n) is 6.02. The standard InChI is InChI=1S/C16H21N3O/c1-12(9-18-16(2,3)4)11-19-14-8-6-5-7-13(14)17-10-15(19)20/h5-8,10,18H,1,9,11H2,2-4H3. The molecule has 0 unspecified atom stereocenters. The van der Waals surface area contributed by atoms with Crippen LogP contribution in [0.3, 0.4) is 0 Å². The van der Waals surface area contributed by atoms with Crippen LogP contribution in [-0.2, 0) is 6.54 Å². The van der Waals surface area contributed by atoms with Crippen molar-refractivity contribution in [3.63, 3.8) is 0 Å². The number of nitrogens with one attached hydrogen (secondary N) is 1. The lowest BCUT2D eigenvalue weighted by Crippen LogP contribution is -2.37. The molecule has 0 saturated heterocycles. The van der Waals surface area contributed by atoms with Crippen LogP contribution in [0.4, 0.5) is 0 Å². The molecule has 0 spiro atoms. The van der Waals surface area contributed by atoms with Crippen LogP contribution in [0, 0.1) is 0 Å². The number of benzene rings is 1. The van der Waals surface area contributed by atoms with Gasteiger partial charge in [0.15, 0.2) is 0 Å². The molecule has 106 valence electrons. The van der Waals surface area contributed by atoms with Crippen molar-refractivity contribution >= 4 is 11.0 Å². The molecule has 0 amide bonds. The first-order valence-electron chi connectivity index (χ1n) is 6.73. The zero-order valence-corrected chi connectivity index (χ0v) is 12.3. The molecule has 0 saturated carbocycles. The summed E-state index contributed by atoms with van der Waals surface area (Å²) < 4.78 is 1.72. The van der Waals surface area contributed by atoms with Gasteiger partial charge in [-0.2, -0.15) is 0 Å². The molecule has 2 rings (SSSR count). The molecule has 1 aromatic heterocycles. The Morgan fingerprint density at radius 2 is 2.05 bits per heavy atom. The van der Waals surface area contributed by atoms with Gasteiger partial charge >= 0.3 is 0 Å². The maximum atomic E-state index is 12.0. The quantitative estimate of drug-likeness (QED) is 0.868. The number of hydrogen-bond donors (Lipinski definition) is 1. The zero-order valence-electron chi connectivity index (χ0n) is 12.3. The number of aromatic nitrogens is 2. The summed E-state index contributed by atoms with van der Waals surface area (Å²) in [4.78, 5) is 16.2. The van der Waals surface area contributed by atoms with Gasteiger partial charge in [-0.1, -0.05) is 18.7 Å². The number of para-hydroxylation sites is 2. The van der Waals surface area contributed by atoms with E-state index in [4.69, 9.17) is 0 Å². The Bertz CT molecular complexity index is 680. The summed E-state index contributed by atoms with van der Waals surface area (Å²) in [5, 5.41) is 3.38. The minimum Gasteiger partial charge on any atom is -0.308 e. The van der Waals surface area contributed by atoms with E-state index in [1.54, 1.807) is 4.57 Å². The van der Waals surface area contributed by atoms with Crippen LogP contribution in [0.15, 0.2) is 47.4 Å². The smallest absolute Gasteiger partial charge is 0.269 e. The molecule has 1 aromatic carbocycles. The highest BCUT2D eigenvalue weighted by atomic mass is 16.1. The van der Waals surface area contributed by atoms with Crippen molar-refractivity contribution in [2.75, 3.05) is 6.54 Å². The molecule has 4 heteroatoms. The van der Waals surface area contributed by atoms with Crippen LogP contribution < -0.4 is 10.9 Å². The van der Waals surface area contributed by atoms with Crippen molar-refractivity contribution < 1.29 is 0 Å². The molecule has 1 N–H and O–H groups in total. The van der Waals surface area contributed by atoms with E-state index in [0.717, 1.165) is 16.6 Å². The fourth-order valence-corrected chi connectivity index (χ4v) is 1.95. The van der Waals surface area contributed by atoms with Crippen LogP contribution in [-0.4, -0.2) is 21.6 Å². The predicted molar refractivity (Wildman–Crippen MR) is 82.9 cm³/mol. The third kappa shape index (κ3) is 3.54. The summed E-state index contributed by atoms with van der Waals surface area (Å²) in [5.41, 5.74) is 2.58. The average Bonchev–Trinajstić information content (AvgIpc) is 2.39. The second-order valence-corrected chi connectivity index (χ2v) is 6.02. The molecular weight excluding hydrogens is 250 g/mol. The molecule has 0 bridgehead atoms. The van der Waals surface area contributed by atoms with Crippen LogP contribution in [0.25, 0.3) is 11.0 Å². The van der Waals surface area contributed by atoms with Crippen LogP contribution >= 0.6 is 0 Å². The zero-order chi connectivity index (χ0) is 14.8. The Hall–Kier alpha value is -1.94. The molecule has 20 heavy (non-hydrogen) atoms. The normalized spacial score (nSPS) is 11.8. The molecule has 0 radical (unpaired) electrons. The van der Waals surface area contributed by atoms with Gasteiger partial charge in [0.25, 0.3) is 5.56 Å². The second kappa shape index (κ2) is 5.59. The Kier molecular flexibility index (Phi) is 4.04. The molecule has 2 aromatic rings. The van der Waals surface area contributed by atoms with E-state index in [-0.39, 0.29) is 11.1 Å². The van der Waals surface area contributed by atoms with Gasteiger partial charge in [0.2, 0.25) is 0 Å². The van der Waals surface area contributed by atoms with Gasteiger partial charge < -0.3 is 9.88 Å². The summed E-state index contributed by atoms with van der Waals surface area (Å²) in [6.45, 7) is 11.6. The maximum Gasteiger partial charge on any atom is 0.269 e. The maximum absolute atomic E-state index is 12.0. The third-order valence-electron chi connectivity index (χ3n) is 3.00. The van der Waals surface area contributed by atoms with Gasteiger partial charge in [-0.05, 0) is 38.5 Å². The van der Waals surface area contributed by atoms with Crippen molar-refractivity contribution in [1.82, 2.24) is 14.9 Å². The molecule has 0 aliphatic heterocycles. The minimum absolute atomic E-state index is 0.0359. The molecule has 1 heterocycles. The summed E-state index contributed by atoms with van der Waals surface area (Å²) in [5.74, 6) is 0. The van der Waals surface area contributed by atoms with Crippen molar-refractivity contribution in [2.24, 2.45) is 0 Å². The van der Waals surface area contributed by atoms with E-state index in [2.05, 4.69) is 37.7 Å². The highest BCUT2D eigenvalue weighted by Crippen LogP contribution is 2.10. The molecular formula is C16H21N3O. The number of rotatable bonds is 4. The van der Waals surface area contributed by atoms with Crippen molar-refractivity contribution in [1.29, 1.82) is 0 Å². The molecule has 0 aliphatic rings. The van der Waals surface area contributed by atoms with Gasteiger partial charge in [0, 0.05) is 18.6 Å². The molecule has 0 fully saturated rings. The minimum atomic E-state index is -0.0967. The Labute approximate surface area is 119 Å². The number of hydrogen-bond acceptors (Lipinski definition) is 3. The van der Waals surface area contributed by atoms with Crippen molar-refractivity contribution in [2.45, 2.75) is 32.9 Å². The average molecular weight is 271 g/mol. The van der Waals surface area contributed by atoms with Crippen molar-refractivity contribution in [3.05, 3.63) is 53.0 Å². The van der Waals surface area contributed by atoms with E-state index >= 15 is 0 Å².